The molecule has 3 aromatic carbocycles. The van der Waals surface area contributed by atoms with Crippen molar-refractivity contribution in [2.75, 3.05) is 26.8 Å². The first-order valence-corrected chi connectivity index (χ1v) is 10.0. The number of aliphatic hydroxyl groups is 1. The monoisotopic (exact) mass is 389 g/mol. The van der Waals surface area contributed by atoms with Crippen molar-refractivity contribution >= 4 is 0 Å². The maximum atomic E-state index is 11.9. The Morgan fingerprint density at radius 1 is 1.00 bits per heavy atom. The number of morpholine rings is 1. The standard InChI is InChI=1S/C25H27NO3/c1-28-22-13-11-19(12-14-22)23-10-6-5-7-20(23)17-25(27,21-8-3-2-4-9-21)24-18-26-15-16-29-24/h2-14,24,26-27H,15-18H2,1H3. The summed E-state index contributed by atoms with van der Waals surface area (Å²) in [5, 5.41) is 15.3. The number of rotatable bonds is 6. The molecule has 2 unspecified atom stereocenters. The van der Waals surface area contributed by atoms with Gasteiger partial charge in [0.15, 0.2) is 0 Å². The lowest BCUT2D eigenvalue weighted by Gasteiger charge is -2.39. The minimum absolute atomic E-state index is 0.317. The highest BCUT2D eigenvalue weighted by Gasteiger charge is 2.40. The van der Waals surface area contributed by atoms with Crippen LogP contribution in [0.25, 0.3) is 11.1 Å². The largest absolute Gasteiger partial charge is 0.497 e. The third-order valence-electron chi connectivity index (χ3n) is 5.61. The maximum Gasteiger partial charge on any atom is 0.121 e. The summed E-state index contributed by atoms with van der Waals surface area (Å²) in [6, 6.07) is 26.1. The second kappa shape index (κ2) is 8.78. The zero-order valence-corrected chi connectivity index (χ0v) is 16.7. The molecule has 1 fully saturated rings. The molecule has 2 N–H and O–H groups in total. The molecule has 1 heterocycles. The zero-order valence-electron chi connectivity index (χ0n) is 16.7. The van der Waals surface area contributed by atoms with E-state index < -0.39 is 5.60 Å². The van der Waals surface area contributed by atoms with Crippen molar-refractivity contribution in [3.8, 4) is 16.9 Å². The predicted octanol–water partition coefficient (Wildman–Crippen LogP) is 3.78. The Labute approximate surface area is 172 Å². The molecule has 4 rings (SSSR count). The van der Waals surface area contributed by atoms with Crippen LogP contribution in [0.1, 0.15) is 11.1 Å². The Kier molecular flexibility index (Phi) is 5.95. The van der Waals surface area contributed by atoms with Gasteiger partial charge >= 0.3 is 0 Å². The summed E-state index contributed by atoms with van der Waals surface area (Å²) in [6.45, 7) is 2.03. The van der Waals surface area contributed by atoms with Crippen molar-refractivity contribution in [2.45, 2.75) is 18.1 Å². The van der Waals surface area contributed by atoms with Gasteiger partial charge in [-0.25, -0.2) is 0 Å². The molecule has 4 nitrogen and oxygen atoms in total. The number of hydrogen-bond donors (Lipinski definition) is 2. The number of nitrogens with one attached hydrogen (secondary N) is 1. The van der Waals surface area contributed by atoms with Crippen LogP contribution in [0.4, 0.5) is 0 Å². The molecule has 0 spiro atoms. The van der Waals surface area contributed by atoms with Gasteiger partial charge in [-0.15, -0.1) is 0 Å². The minimum Gasteiger partial charge on any atom is -0.497 e. The number of ether oxygens (including phenoxy) is 2. The third-order valence-corrected chi connectivity index (χ3v) is 5.61. The van der Waals surface area contributed by atoms with Crippen molar-refractivity contribution in [1.29, 1.82) is 0 Å². The van der Waals surface area contributed by atoms with E-state index in [1.807, 2.05) is 54.6 Å². The smallest absolute Gasteiger partial charge is 0.121 e. The van der Waals surface area contributed by atoms with Crippen LogP contribution in [0.15, 0.2) is 78.9 Å². The highest BCUT2D eigenvalue weighted by Crippen LogP contribution is 2.35. The van der Waals surface area contributed by atoms with Gasteiger partial charge in [0, 0.05) is 19.5 Å². The van der Waals surface area contributed by atoms with E-state index in [1.165, 1.54) is 0 Å². The quantitative estimate of drug-likeness (QED) is 0.674. The lowest BCUT2D eigenvalue weighted by atomic mass is 9.80. The Hall–Kier alpha value is -2.66. The molecule has 2 atom stereocenters. The van der Waals surface area contributed by atoms with Crippen LogP contribution in [0.3, 0.4) is 0 Å². The predicted molar refractivity (Wildman–Crippen MR) is 115 cm³/mol. The molecule has 1 aliphatic heterocycles. The van der Waals surface area contributed by atoms with E-state index >= 15 is 0 Å². The molecule has 29 heavy (non-hydrogen) atoms. The maximum absolute atomic E-state index is 11.9. The van der Waals surface area contributed by atoms with Crippen molar-refractivity contribution in [3.05, 3.63) is 90.0 Å². The molecular weight excluding hydrogens is 362 g/mol. The van der Waals surface area contributed by atoms with Crippen LogP contribution < -0.4 is 10.1 Å². The first-order chi connectivity index (χ1) is 14.2. The summed E-state index contributed by atoms with van der Waals surface area (Å²) >= 11 is 0. The van der Waals surface area contributed by atoms with E-state index in [-0.39, 0.29) is 6.10 Å². The van der Waals surface area contributed by atoms with E-state index in [2.05, 4.69) is 29.6 Å². The summed E-state index contributed by atoms with van der Waals surface area (Å²) in [6.07, 6.45) is 0.147. The third kappa shape index (κ3) is 4.20. The molecule has 0 aromatic heterocycles. The fourth-order valence-corrected chi connectivity index (χ4v) is 4.02. The Morgan fingerprint density at radius 3 is 2.41 bits per heavy atom. The van der Waals surface area contributed by atoms with Crippen molar-refractivity contribution in [2.24, 2.45) is 0 Å². The van der Waals surface area contributed by atoms with Gasteiger partial charge in [-0.2, -0.15) is 0 Å². The molecule has 0 amide bonds. The lowest BCUT2D eigenvalue weighted by molar-refractivity contribution is -0.124. The Bertz CT molecular complexity index is 920. The van der Waals surface area contributed by atoms with Crippen LogP contribution >= 0.6 is 0 Å². The molecule has 3 aromatic rings. The average molecular weight is 389 g/mol. The Morgan fingerprint density at radius 2 is 1.72 bits per heavy atom. The van der Waals surface area contributed by atoms with Gasteiger partial charge in [0.25, 0.3) is 0 Å². The van der Waals surface area contributed by atoms with Crippen molar-refractivity contribution in [3.63, 3.8) is 0 Å². The SMILES string of the molecule is COc1ccc(-c2ccccc2CC(O)(c2ccccc2)C2CNCCO2)cc1. The molecule has 0 radical (unpaired) electrons. The number of benzene rings is 3. The van der Waals surface area contributed by atoms with Crippen LogP contribution in [0.5, 0.6) is 5.75 Å². The van der Waals surface area contributed by atoms with E-state index in [9.17, 15) is 5.11 Å². The van der Waals surface area contributed by atoms with E-state index in [0.29, 0.717) is 19.6 Å². The number of hydrogen-bond acceptors (Lipinski definition) is 4. The molecule has 1 aliphatic rings. The normalized spacial score (nSPS) is 18.8. The molecule has 1 saturated heterocycles. The fraction of sp³-hybridized carbons (Fsp3) is 0.280. The van der Waals surface area contributed by atoms with Gasteiger partial charge in [0.05, 0.1) is 13.7 Å². The summed E-state index contributed by atoms with van der Waals surface area (Å²) in [5.74, 6) is 0.828. The van der Waals surface area contributed by atoms with Gasteiger partial charge in [-0.1, -0.05) is 66.7 Å². The van der Waals surface area contributed by atoms with Gasteiger partial charge in [-0.05, 0) is 34.4 Å². The van der Waals surface area contributed by atoms with Crippen LogP contribution in [0, 0.1) is 0 Å². The van der Waals surface area contributed by atoms with Crippen LogP contribution in [-0.4, -0.2) is 38.0 Å². The molecule has 0 aliphatic carbocycles. The average Bonchev–Trinajstić information content (AvgIpc) is 2.80. The topological polar surface area (TPSA) is 50.7 Å². The Balaban J connectivity index is 1.73. The summed E-state index contributed by atoms with van der Waals surface area (Å²) in [5.41, 5.74) is 3.03. The number of methoxy groups -OCH3 is 1. The zero-order chi connectivity index (χ0) is 20.1. The van der Waals surface area contributed by atoms with E-state index in [1.54, 1.807) is 7.11 Å². The highest BCUT2D eigenvalue weighted by molar-refractivity contribution is 5.68. The second-order valence-electron chi connectivity index (χ2n) is 7.42. The van der Waals surface area contributed by atoms with Gasteiger partial charge in [0.1, 0.15) is 17.5 Å². The van der Waals surface area contributed by atoms with Crippen LogP contribution in [0.2, 0.25) is 0 Å². The van der Waals surface area contributed by atoms with Crippen molar-refractivity contribution < 1.29 is 14.6 Å². The van der Waals surface area contributed by atoms with Gasteiger partial charge < -0.3 is 19.9 Å². The lowest BCUT2D eigenvalue weighted by Crippen LogP contribution is -2.52. The highest BCUT2D eigenvalue weighted by atomic mass is 16.5. The first kappa shape index (κ1) is 19.6. The molecular formula is C25H27NO3. The summed E-state index contributed by atoms with van der Waals surface area (Å²) < 4.78 is 11.3. The summed E-state index contributed by atoms with van der Waals surface area (Å²) in [4.78, 5) is 0. The minimum atomic E-state index is -1.13. The molecule has 0 saturated carbocycles. The van der Waals surface area contributed by atoms with E-state index in [0.717, 1.165) is 34.5 Å². The molecule has 0 bridgehead atoms. The molecule has 150 valence electrons. The fourth-order valence-electron chi connectivity index (χ4n) is 4.02. The van der Waals surface area contributed by atoms with Crippen molar-refractivity contribution in [1.82, 2.24) is 5.32 Å². The second-order valence-corrected chi connectivity index (χ2v) is 7.42. The summed E-state index contributed by atoms with van der Waals surface area (Å²) in [7, 11) is 1.67. The van der Waals surface area contributed by atoms with Gasteiger partial charge in [0.2, 0.25) is 0 Å². The first-order valence-electron chi connectivity index (χ1n) is 10.0. The molecule has 4 heteroatoms. The van der Waals surface area contributed by atoms with Crippen LogP contribution in [-0.2, 0) is 16.8 Å². The van der Waals surface area contributed by atoms with Gasteiger partial charge in [-0.3, -0.25) is 0 Å². The van der Waals surface area contributed by atoms with E-state index in [4.69, 9.17) is 9.47 Å².